The quantitative estimate of drug-likeness (QED) is 0.885. The van der Waals surface area contributed by atoms with Crippen molar-refractivity contribution >= 4 is 20.9 Å². The first-order valence-electron chi connectivity index (χ1n) is 6.01. The SMILES string of the molecule is CCS(=O)(=O)NCc1cc2ccc(C)cc2[nH]c1=O. The highest BCUT2D eigenvalue weighted by atomic mass is 32.2. The summed E-state index contributed by atoms with van der Waals surface area (Å²) in [5, 5.41) is 0.885. The molecule has 2 rings (SSSR count). The lowest BCUT2D eigenvalue weighted by Crippen LogP contribution is -2.28. The minimum atomic E-state index is -3.30. The number of hydrogen-bond donors (Lipinski definition) is 2. The maximum atomic E-state index is 11.9. The molecule has 0 aliphatic heterocycles. The smallest absolute Gasteiger partial charge is 0.252 e. The Kier molecular flexibility index (Phi) is 3.73. The second-order valence-electron chi connectivity index (χ2n) is 4.44. The molecule has 0 saturated carbocycles. The molecule has 5 nitrogen and oxygen atoms in total. The summed E-state index contributed by atoms with van der Waals surface area (Å²) in [6, 6.07) is 7.45. The number of aromatic amines is 1. The van der Waals surface area contributed by atoms with Gasteiger partial charge in [-0.2, -0.15) is 0 Å². The zero-order valence-corrected chi connectivity index (χ0v) is 11.7. The number of aromatic nitrogens is 1. The molecule has 2 N–H and O–H groups in total. The van der Waals surface area contributed by atoms with Crippen molar-refractivity contribution in [2.24, 2.45) is 0 Å². The number of pyridine rings is 1. The van der Waals surface area contributed by atoms with Crippen LogP contribution >= 0.6 is 0 Å². The molecule has 0 aliphatic carbocycles. The number of H-pyrrole nitrogens is 1. The van der Waals surface area contributed by atoms with Gasteiger partial charge in [-0.15, -0.1) is 0 Å². The van der Waals surface area contributed by atoms with Gasteiger partial charge in [0.1, 0.15) is 0 Å². The third-order valence-corrected chi connectivity index (χ3v) is 4.29. The van der Waals surface area contributed by atoms with Gasteiger partial charge in [0.05, 0.1) is 5.75 Å². The summed E-state index contributed by atoms with van der Waals surface area (Å²) in [6.07, 6.45) is 0. The van der Waals surface area contributed by atoms with Gasteiger partial charge >= 0.3 is 0 Å². The average Bonchev–Trinajstić information content (AvgIpc) is 2.36. The lowest BCUT2D eigenvalue weighted by Gasteiger charge is -2.06. The van der Waals surface area contributed by atoms with Crippen LogP contribution in [0.2, 0.25) is 0 Å². The monoisotopic (exact) mass is 280 g/mol. The molecule has 0 aliphatic rings. The van der Waals surface area contributed by atoms with E-state index in [0.29, 0.717) is 5.56 Å². The molecular weight excluding hydrogens is 264 g/mol. The van der Waals surface area contributed by atoms with Crippen LogP contribution in [-0.2, 0) is 16.6 Å². The molecule has 6 heteroatoms. The summed E-state index contributed by atoms with van der Waals surface area (Å²) >= 11 is 0. The van der Waals surface area contributed by atoms with Crippen molar-refractivity contribution in [1.29, 1.82) is 0 Å². The first-order valence-corrected chi connectivity index (χ1v) is 7.66. The van der Waals surface area contributed by atoms with Gasteiger partial charge in [0, 0.05) is 17.6 Å². The molecule has 0 saturated heterocycles. The first-order chi connectivity index (χ1) is 8.91. The molecule has 0 fully saturated rings. The normalized spacial score (nSPS) is 11.9. The standard InChI is InChI=1S/C13H16N2O3S/c1-3-19(17,18)14-8-11-7-10-5-4-9(2)6-12(10)15-13(11)16/h4-7,14H,3,8H2,1-2H3,(H,15,16). The summed E-state index contributed by atoms with van der Waals surface area (Å²) in [6.45, 7) is 3.51. The molecule has 1 heterocycles. The van der Waals surface area contributed by atoms with E-state index in [-0.39, 0.29) is 17.9 Å². The van der Waals surface area contributed by atoms with Gasteiger partial charge in [-0.3, -0.25) is 4.79 Å². The molecule has 1 aromatic heterocycles. The molecular formula is C13H16N2O3S. The fraction of sp³-hybridized carbons (Fsp3) is 0.308. The summed E-state index contributed by atoms with van der Waals surface area (Å²) in [5.74, 6) is -0.00230. The minimum absolute atomic E-state index is 0.00230. The maximum absolute atomic E-state index is 11.9. The van der Waals surface area contributed by atoms with E-state index in [1.54, 1.807) is 13.0 Å². The van der Waals surface area contributed by atoms with Crippen molar-refractivity contribution in [2.75, 3.05) is 5.75 Å². The number of aryl methyl sites for hydroxylation is 1. The second-order valence-corrected chi connectivity index (χ2v) is 6.53. The van der Waals surface area contributed by atoms with Gasteiger partial charge in [-0.1, -0.05) is 12.1 Å². The lowest BCUT2D eigenvalue weighted by molar-refractivity contribution is 0.582. The molecule has 0 spiro atoms. The number of benzene rings is 1. The summed E-state index contributed by atoms with van der Waals surface area (Å²) in [5.41, 5.74) is 1.96. The van der Waals surface area contributed by atoms with E-state index in [9.17, 15) is 13.2 Å². The Balaban J connectivity index is 2.37. The average molecular weight is 280 g/mol. The molecule has 0 atom stereocenters. The summed E-state index contributed by atoms with van der Waals surface area (Å²) in [4.78, 5) is 14.6. The Bertz CT molecular complexity index is 763. The van der Waals surface area contributed by atoms with E-state index in [0.717, 1.165) is 16.5 Å². The minimum Gasteiger partial charge on any atom is -0.322 e. The number of sulfonamides is 1. The zero-order valence-electron chi connectivity index (χ0n) is 10.9. The van der Waals surface area contributed by atoms with Crippen LogP contribution in [0.15, 0.2) is 29.1 Å². The van der Waals surface area contributed by atoms with Crippen molar-refractivity contribution in [3.05, 3.63) is 45.7 Å². The van der Waals surface area contributed by atoms with Gasteiger partial charge < -0.3 is 4.98 Å². The van der Waals surface area contributed by atoms with Crippen LogP contribution in [-0.4, -0.2) is 19.2 Å². The van der Waals surface area contributed by atoms with Gasteiger partial charge in [-0.05, 0) is 36.9 Å². The number of rotatable bonds is 4. The Morgan fingerprint density at radius 1 is 1.26 bits per heavy atom. The van der Waals surface area contributed by atoms with Gasteiger partial charge in [0.2, 0.25) is 10.0 Å². The van der Waals surface area contributed by atoms with Crippen molar-refractivity contribution in [3.8, 4) is 0 Å². The predicted molar refractivity (Wildman–Crippen MR) is 75.6 cm³/mol. The fourth-order valence-electron chi connectivity index (χ4n) is 1.78. The first kappa shape index (κ1) is 13.8. The van der Waals surface area contributed by atoms with Crippen molar-refractivity contribution in [1.82, 2.24) is 9.71 Å². The van der Waals surface area contributed by atoms with E-state index in [1.165, 1.54) is 0 Å². The highest BCUT2D eigenvalue weighted by molar-refractivity contribution is 7.89. The summed E-state index contributed by atoms with van der Waals surface area (Å²) in [7, 11) is -3.30. The molecule has 2 aromatic rings. The van der Waals surface area contributed by atoms with Crippen LogP contribution in [0.25, 0.3) is 10.9 Å². The van der Waals surface area contributed by atoms with E-state index in [1.807, 2.05) is 25.1 Å². The molecule has 0 amide bonds. The van der Waals surface area contributed by atoms with Crippen LogP contribution < -0.4 is 10.3 Å². The third-order valence-electron chi connectivity index (χ3n) is 2.94. The number of fused-ring (bicyclic) bond motifs is 1. The van der Waals surface area contributed by atoms with Crippen molar-refractivity contribution in [2.45, 2.75) is 20.4 Å². The molecule has 0 unspecified atom stereocenters. The molecule has 19 heavy (non-hydrogen) atoms. The number of hydrogen-bond acceptors (Lipinski definition) is 3. The van der Waals surface area contributed by atoms with E-state index < -0.39 is 10.0 Å². The Labute approximate surface area is 111 Å². The maximum Gasteiger partial charge on any atom is 0.252 e. The van der Waals surface area contributed by atoms with Crippen molar-refractivity contribution < 1.29 is 8.42 Å². The van der Waals surface area contributed by atoms with Crippen molar-refractivity contribution in [3.63, 3.8) is 0 Å². The van der Waals surface area contributed by atoms with Crippen LogP contribution in [0.3, 0.4) is 0 Å². The van der Waals surface area contributed by atoms with E-state index >= 15 is 0 Å². The topological polar surface area (TPSA) is 79.0 Å². The Morgan fingerprint density at radius 2 is 2.00 bits per heavy atom. The third kappa shape index (κ3) is 3.21. The molecule has 102 valence electrons. The van der Waals surface area contributed by atoms with Gasteiger partial charge in [-0.25, -0.2) is 13.1 Å². The summed E-state index contributed by atoms with van der Waals surface area (Å²) < 4.78 is 25.1. The predicted octanol–water partition coefficient (Wildman–Crippen LogP) is 1.28. The van der Waals surface area contributed by atoms with Crippen LogP contribution in [0, 0.1) is 6.92 Å². The van der Waals surface area contributed by atoms with Gasteiger partial charge in [0.25, 0.3) is 5.56 Å². The van der Waals surface area contributed by atoms with Crippen LogP contribution in [0.5, 0.6) is 0 Å². The number of nitrogens with one attached hydrogen (secondary N) is 2. The van der Waals surface area contributed by atoms with E-state index in [2.05, 4.69) is 9.71 Å². The molecule has 0 radical (unpaired) electrons. The highest BCUT2D eigenvalue weighted by Crippen LogP contribution is 2.12. The lowest BCUT2D eigenvalue weighted by atomic mass is 10.1. The van der Waals surface area contributed by atoms with Crippen LogP contribution in [0.4, 0.5) is 0 Å². The zero-order chi connectivity index (χ0) is 14.0. The fourth-order valence-corrected chi connectivity index (χ4v) is 2.36. The van der Waals surface area contributed by atoms with Crippen LogP contribution in [0.1, 0.15) is 18.1 Å². The Morgan fingerprint density at radius 3 is 2.68 bits per heavy atom. The largest absolute Gasteiger partial charge is 0.322 e. The molecule has 1 aromatic carbocycles. The molecule has 0 bridgehead atoms. The Hall–Kier alpha value is -1.66. The second kappa shape index (κ2) is 5.14. The highest BCUT2D eigenvalue weighted by Gasteiger charge is 2.09. The van der Waals surface area contributed by atoms with E-state index in [4.69, 9.17) is 0 Å². The van der Waals surface area contributed by atoms with Gasteiger partial charge in [0.15, 0.2) is 0 Å².